The number of carbonyl (C=O) groups is 4. The van der Waals surface area contributed by atoms with Crippen LogP contribution in [-0.2, 0) is 28.5 Å². The lowest BCUT2D eigenvalue weighted by molar-refractivity contribution is -0.139. The van der Waals surface area contributed by atoms with Crippen molar-refractivity contribution in [3.05, 3.63) is 25.3 Å². The van der Waals surface area contributed by atoms with Crippen LogP contribution in [0.2, 0.25) is 0 Å². The second-order valence-electron chi connectivity index (χ2n) is 6.21. The predicted molar refractivity (Wildman–Crippen MR) is 99.4 cm³/mol. The fraction of sp³-hybridized carbons (Fsp3) is 0.556. The molecule has 0 aliphatic rings. The van der Waals surface area contributed by atoms with Gasteiger partial charge < -0.3 is 29.6 Å². The van der Waals surface area contributed by atoms with E-state index in [0.717, 1.165) is 12.2 Å². The third-order valence-electron chi connectivity index (χ3n) is 3.24. The van der Waals surface area contributed by atoms with E-state index in [1.54, 1.807) is 0 Å². The first-order valence-corrected chi connectivity index (χ1v) is 8.60. The van der Waals surface area contributed by atoms with Gasteiger partial charge in [0, 0.05) is 25.2 Å². The largest absolute Gasteiger partial charge is 0.459 e. The van der Waals surface area contributed by atoms with Crippen molar-refractivity contribution in [1.82, 2.24) is 10.6 Å². The van der Waals surface area contributed by atoms with Crippen molar-refractivity contribution < 1.29 is 38.1 Å². The van der Waals surface area contributed by atoms with Crippen LogP contribution in [0.1, 0.15) is 20.3 Å². The first kappa shape index (κ1) is 25.0. The van der Waals surface area contributed by atoms with Gasteiger partial charge >= 0.3 is 24.1 Å². The summed E-state index contributed by atoms with van der Waals surface area (Å²) < 4.78 is 19.0. The summed E-state index contributed by atoms with van der Waals surface area (Å²) in [6.07, 6.45) is 1.33. The maximum absolute atomic E-state index is 11.6. The van der Waals surface area contributed by atoms with Gasteiger partial charge in [-0.25, -0.2) is 19.2 Å². The number of esters is 2. The van der Waals surface area contributed by atoms with E-state index in [1.165, 1.54) is 0 Å². The summed E-state index contributed by atoms with van der Waals surface area (Å²) >= 11 is 0. The second-order valence-corrected chi connectivity index (χ2v) is 6.21. The van der Waals surface area contributed by atoms with Crippen molar-refractivity contribution in [1.29, 1.82) is 0 Å². The zero-order chi connectivity index (χ0) is 21.4. The minimum atomic E-state index is -0.635. The molecule has 0 bridgehead atoms. The van der Waals surface area contributed by atoms with Crippen LogP contribution in [-0.4, -0.2) is 63.6 Å². The Balaban J connectivity index is 3.83. The third-order valence-corrected chi connectivity index (χ3v) is 3.24. The zero-order valence-electron chi connectivity index (χ0n) is 16.3. The second kappa shape index (κ2) is 14.1. The molecule has 0 saturated carbocycles. The number of nitrogens with one attached hydrogen (secondary N) is 2. The molecular formula is C18H28N2O8. The smallest absolute Gasteiger partial charge is 0.407 e. The van der Waals surface area contributed by atoms with Crippen LogP contribution in [0.25, 0.3) is 0 Å². The van der Waals surface area contributed by atoms with E-state index in [0.29, 0.717) is 19.5 Å². The molecule has 2 amide bonds. The molecule has 0 aliphatic carbocycles. The van der Waals surface area contributed by atoms with Gasteiger partial charge in [0.1, 0.15) is 26.4 Å². The molecule has 158 valence electrons. The summed E-state index contributed by atoms with van der Waals surface area (Å²) in [4.78, 5) is 44.7. The lowest BCUT2D eigenvalue weighted by Crippen LogP contribution is -2.37. The van der Waals surface area contributed by atoms with Gasteiger partial charge in [-0.15, -0.1) is 0 Å². The van der Waals surface area contributed by atoms with Gasteiger partial charge in [-0.2, -0.15) is 0 Å². The van der Waals surface area contributed by atoms with Crippen molar-refractivity contribution in [2.24, 2.45) is 5.41 Å². The summed E-state index contributed by atoms with van der Waals surface area (Å²) in [7, 11) is 0. The highest BCUT2D eigenvalue weighted by molar-refractivity contribution is 5.81. The number of ether oxygens (including phenoxy) is 4. The molecule has 0 radical (unpaired) electrons. The van der Waals surface area contributed by atoms with Crippen LogP contribution in [0.5, 0.6) is 0 Å². The number of alkyl carbamates (subject to hydrolysis) is 2. The van der Waals surface area contributed by atoms with Gasteiger partial charge in [0.2, 0.25) is 0 Å². The maximum Gasteiger partial charge on any atom is 0.407 e. The van der Waals surface area contributed by atoms with E-state index >= 15 is 0 Å². The van der Waals surface area contributed by atoms with Gasteiger partial charge in [-0.3, -0.25) is 0 Å². The lowest BCUT2D eigenvalue weighted by Gasteiger charge is -2.24. The number of hydrogen-bond acceptors (Lipinski definition) is 8. The van der Waals surface area contributed by atoms with E-state index in [9.17, 15) is 19.2 Å². The Bertz CT molecular complexity index is 560. The molecule has 28 heavy (non-hydrogen) atoms. The van der Waals surface area contributed by atoms with E-state index in [4.69, 9.17) is 9.47 Å². The zero-order valence-corrected chi connectivity index (χ0v) is 16.3. The SMILES string of the molecule is C=CC(=O)OCCOC(=O)NCCC(C)(C)CNC(=O)OCCOC(=O)C=C. The normalized spacial score (nSPS) is 10.2. The molecule has 10 nitrogen and oxygen atoms in total. The van der Waals surface area contributed by atoms with Crippen molar-refractivity contribution >= 4 is 24.1 Å². The van der Waals surface area contributed by atoms with Gasteiger partial charge in [0.05, 0.1) is 0 Å². The van der Waals surface area contributed by atoms with Crippen LogP contribution in [0.3, 0.4) is 0 Å². The molecule has 0 spiro atoms. The standard InChI is InChI=1S/C18H28N2O8/c1-5-14(21)25-9-11-27-16(23)19-8-7-18(3,4)13-20-17(24)28-12-10-26-15(22)6-2/h5-6H,1-2,7-13H2,3-4H3,(H,19,23)(H,20,24). The van der Waals surface area contributed by atoms with Crippen LogP contribution >= 0.6 is 0 Å². The molecule has 0 heterocycles. The molecule has 0 aromatic heterocycles. The van der Waals surface area contributed by atoms with Crippen LogP contribution < -0.4 is 10.6 Å². The van der Waals surface area contributed by atoms with Gasteiger partial charge in [0.25, 0.3) is 0 Å². The number of amides is 2. The molecule has 0 aliphatic heterocycles. The van der Waals surface area contributed by atoms with Crippen molar-refractivity contribution in [3.63, 3.8) is 0 Å². The number of rotatable bonds is 13. The summed E-state index contributed by atoms with van der Waals surface area (Å²) in [5.74, 6) is -1.18. The topological polar surface area (TPSA) is 129 Å². The molecule has 0 atom stereocenters. The molecule has 2 N–H and O–H groups in total. The van der Waals surface area contributed by atoms with E-state index in [1.807, 2.05) is 13.8 Å². The first-order chi connectivity index (χ1) is 13.2. The van der Waals surface area contributed by atoms with E-state index < -0.39 is 24.1 Å². The van der Waals surface area contributed by atoms with Crippen molar-refractivity contribution in [3.8, 4) is 0 Å². The molecule has 0 fully saturated rings. The van der Waals surface area contributed by atoms with E-state index in [2.05, 4.69) is 33.3 Å². The fourth-order valence-corrected chi connectivity index (χ4v) is 1.68. The van der Waals surface area contributed by atoms with Gasteiger partial charge in [-0.05, 0) is 11.8 Å². The molecule has 0 aromatic rings. The molecule has 0 unspecified atom stereocenters. The maximum atomic E-state index is 11.6. The lowest BCUT2D eigenvalue weighted by atomic mass is 9.89. The summed E-state index contributed by atoms with van der Waals surface area (Å²) in [5, 5.41) is 5.16. The first-order valence-electron chi connectivity index (χ1n) is 8.60. The Morgan fingerprint density at radius 2 is 1.21 bits per heavy atom. The highest BCUT2D eigenvalue weighted by Crippen LogP contribution is 2.18. The summed E-state index contributed by atoms with van der Waals surface area (Å²) in [6, 6.07) is 0. The predicted octanol–water partition coefficient (Wildman–Crippen LogP) is 1.31. The highest BCUT2D eigenvalue weighted by Gasteiger charge is 2.19. The average Bonchev–Trinajstić information content (AvgIpc) is 2.66. The molecular weight excluding hydrogens is 372 g/mol. The Labute approximate surface area is 164 Å². The van der Waals surface area contributed by atoms with Gasteiger partial charge in [-0.1, -0.05) is 27.0 Å². The molecule has 0 saturated heterocycles. The number of carbonyl (C=O) groups excluding carboxylic acids is 4. The summed E-state index contributed by atoms with van der Waals surface area (Å²) in [5.41, 5.74) is -0.318. The monoisotopic (exact) mass is 400 g/mol. The fourth-order valence-electron chi connectivity index (χ4n) is 1.68. The van der Waals surface area contributed by atoms with E-state index in [-0.39, 0.29) is 31.8 Å². The van der Waals surface area contributed by atoms with Gasteiger partial charge in [0.15, 0.2) is 0 Å². The summed E-state index contributed by atoms with van der Waals surface area (Å²) in [6.45, 7) is 10.7. The molecule has 10 heteroatoms. The molecule has 0 aromatic carbocycles. The highest BCUT2D eigenvalue weighted by atomic mass is 16.6. The van der Waals surface area contributed by atoms with Crippen LogP contribution in [0.4, 0.5) is 9.59 Å². The minimum Gasteiger partial charge on any atom is -0.459 e. The Morgan fingerprint density at radius 1 is 0.786 bits per heavy atom. The average molecular weight is 400 g/mol. The quantitative estimate of drug-likeness (QED) is 0.205. The number of hydrogen-bond donors (Lipinski definition) is 2. The minimum absolute atomic E-state index is 0.0530. The van der Waals surface area contributed by atoms with Crippen molar-refractivity contribution in [2.45, 2.75) is 20.3 Å². The van der Waals surface area contributed by atoms with Crippen LogP contribution in [0, 0.1) is 5.41 Å². The Hall–Kier alpha value is -3.04. The Kier molecular flexibility index (Phi) is 12.5. The Morgan fingerprint density at radius 3 is 1.68 bits per heavy atom. The molecule has 0 rings (SSSR count). The third kappa shape index (κ3) is 14.2. The van der Waals surface area contributed by atoms with Crippen molar-refractivity contribution in [2.75, 3.05) is 39.5 Å². The van der Waals surface area contributed by atoms with Crippen LogP contribution in [0.15, 0.2) is 25.3 Å².